The molecule has 0 amide bonds. The van der Waals surface area contributed by atoms with Gasteiger partial charge in [0.15, 0.2) is 5.76 Å². The molecule has 4 rings (SSSR count). The Balaban J connectivity index is 1.57. The van der Waals surface area contributed by atoms with Crippen LogP contribution < -0.4 is 4.18 Å². The molecule has 0 aliphatic heterocycles. The normalized spacial score (nSPS) is 15.1. The molecule has 1 aliphatic carbocycles. The second-order valence-electron chi connectivity index (χ2n) is 8.59. The molecule has 4 nitrogen and oxygen atoms in total. The van der Waals surface area contributed by atoms with Gasteiger partial charge in [-0.1, -0.05) is 42.8 Å². The first-order chi connectivity index (χ1) is 17.6. The van der Waals surface area contributed by atoms with Crippen LogP contribution in [0.1, 0.15) is 30.0 Å². The molecular formula is C24H18F9NO3S. The molecule has 1 aromatic heterocycles. The Morgan fingerprint density at radius 2 is 1.58 bits per heavy atom. The summed E-state index contributed by atoms with van der Waals surface area (Å²) in [6.07, 6.45) is -4.52. The molecule has 0 N–H and O–H groups in total. The van der Waals surface area contributed by atoms with Crippen molar-refractivity contribution in [1.29, 1.82) is 0 Å². The first-order valence-corrected chi connectivity index (χ1v) is 12.2. The number of hydrogen-bond donors (Lipinski definition) is 0. The van der Waals surface area contributed by atoms with Crippen LogP contribution in [0.4, 0.5) is 39.5 Å². The predicted molar refractivity (Wildman–Crippen MR) is 118 cm³/mol. The lowest BCUT2D eigenvalue weighted by Gasteiger charge is -2.32. The van der Waals surface area contributed by atoms with Gasteiger partial charge >= 0.3 is 23.3 Å². The summed E-state index contributed by atoms with van der Waals surface area (Å²) < 4.78 is 140. The minimum Gasteiger partial charge on any atom is -0.396 e. The Bertz CT molecular complexity index is 1350. The summed E-state index contributed by atoms with van der Waals surface area (Å²) in [6.45, 7) is 2.06. The van der Waals surface area contributed by atoms with Gasteiger partial charge in [0.05, 0.1) is 0 Å². The SMILES string of the molecule is CCCc1ccc(-c2onc3c2CCc2cc(OS(=O)C(F)(F)C(F)(F)C(F)(F)C(F)(F)F)ccc2-3)cc1. The van der Waals surface area contributed by atoms with Crippen molar-refractivity contribution in [3.05, 3.63) is 59.2 Å². The molecule has 2 aromatic carbocycles. The lowest BCUT2D eigenvalue weighted by molar-refractivity contribution is -0.382. The Morgan fingerprint density at radius 3 is 2.18 bits per heavy atom. The molecule has 38 heavy (non-hydrogen) atoms. The summed E-state index contributed by atoms with van der Waals surface area (Å²) in [4.78, 5) is 0. The van der Waals surface area contributed by atoms with Crippen molar-refractivity contribution in [2.75, 3.05) is 0 Å². The van der Waals surface area contributed by atoms with E-state index in [9.17, 15) is 43.7 Å². The number of alkyl halides is 9. The first kappa shape index (κ1) is 28.0. The van der Waals surface area contributed by atoms with E-state index < -0.39 is 40.1 Å². The van der Waals surface area contributed by atoms with Crippen LogP contribution in [-0.4, -0.2) is 32.6 Å². The minimum absolute atomic E-state index is 0.257. The second-order valence-corrected chi connectivity index (χ2v) is 9.73. The number of aromatic nitrogens is 1. The third kappa shape index (κ3) is 4.56. The van der Waals surface area contributed by atoms with Crippen molar-refractivity contribution in [3.8, 4) is 28.3 Å². The molecule has 0 fully saturated rings. The Hall–Kier alpha value is -3.03. The number of halogens is 9. The van der Waals surface area contributed by atoms with E-state index in [0.717, 1.165) is 41.7 Å². The zero-order chi connectivity index (χ0) is 28.1. The quantitative estimate of drug-likeness (QED) is 0.263. The Kier molecular flexibility index (Phi) is 7.08. The van der Waals surface area contributed by atoms with Gasteiger partial charge in [-0.05, 0) is 48.6 Å². The molecule has 0 saturated carbocycles. The topological polar surface area (TPSA) is 52.3 Å². The van der Waals surface area contributed by atoms with Crippen LogP contribution in [0.5, 0.6) is 5.75 Å². The summed E-state index contributed by atoms with van der Waals surface area (Å²) in [6, 6.07) is 10.9. The first-order valence-electron chi connectivity index (χ1n) is 11.1. The largest absolute Gasteiger partial charge is 0.460 e. The standard InChI is InChI=1S/C24H18F9NO3S/c1-2-3-13-4-6-14(7-5-13)20-18-10-8-15-12-16(9-11-17(15)19(18)34-36-20)37-38(35)24(32,33)22(27,28)21(25,26)23(29,30)31/h4-7,9,11-12H,2-3,8,10H2,1H3. The average Bonchev–Trinajstić information content (AvgIpc) is 3.28. The molecule has 1 unspecified atom stereocenters. The summed E-state index contributed by atoms with van der Waals surface area (Å²) in [5, 5.41) is -2.33. The van der Waals surface area contributed by atoms with Crippen LogP contribution in [0.2, 0.25) is 0 Å². The van der Waals surface area contributed by atoms with E-state index in [-0.39, 0.29) is 6.42 Å². The Labute approximate surface area is 212 Å². The molecule has 1 aliphatic rings. The predicted octanol–water partition coefficient (Wildman–Crippen LogP) is 7.53. The number of nitrogens with zero attached hydrogens (tertiary/aromatic N) is 1. The van der Waals surface area contributed by atoms with Crippen molar-refractivity contribution in [2.24, 2.45) is 0 Å². The van der Waals surface area contributed by atoms with Crippen LogP contribution in [0, 0.1) is 0 Å². The minimum atomic E-state index is -7.17. The maximum Gasteiger partial charge on any atom is 0.460 e. The molecule has 0 spiro atoms. The molecule has 0 bridgehead atoms. The van der Waals surface area contributed by atoms with Gasteiger partial charge in [0.2, 0.25) is 0 Å². The summed E-state index contributed by atoms with van der Waals surface area (Å²) in [7, 11) is 0. The Morgan fingerprint density at radius 1 is 0.921 bits per heavy atom. The van der Waals surface area contributed by atoms with Crippen molar-refractivity contribution < 1.29 is 52.4 Å². The van der Waals surface area contributed by atoms with Crippen LogP contribution in [0.25, 0.3) is 22.6 Å². The van der Waals surface area contributed by atoms with E-state index in [1.165, 1.54) is 6.07 Å². The third-order valence-electron chi connectivity index (χ3n) is 6.02. The number of hydrogen-bond acceptors (Lipinski definition) is 4. The number of rotatable bonds is 8. The van der Waals surface area contributed by atoms with Crippen molar-refractivity contribution in [2.45, 2.75) is 55.9 Å². The van der Waals surface area contributed by atoms with Gasteiger partial charge < -0.3 is 8.71 Å². The highest BCUT2D eigenvalue weighted by atomic mass is 32.2. The molecule has 206 valence electrons. The van der Waals surface area contributed by atoms with E-state index in [0.29, 0.717) is 29.0 Å². The van der Waals surface area contributed by atoms with Crippen molar-refractivity contribution in [1.82, 2.24) is 5.16 Å². The van der Waals surface area contributed by atoms with Gasteiger partial charge in [-0.2, -0.15) is 39.5 Å². The molecule has 1 heterocycles. The zero-order valence-electron chi connectivity index (χ0n) is 19.4. The van der Waals surface area contributed by atoms with Crippen LogP contribution in [-0.2, 0) is 30.3 Å². The molecule has 14 heteroatoms. The third-order valence-corrected chi connectivity index (χ3v) is 7.04. The lowest BCUT2D eigenvalue weighted by atomic mass is 9.88. The molecular weight excluding hydrogens is 553 g/mol. The zero-order valence-corrected chi connectivity index (χ0v) is 20.2. The van der Waals surface area contributed by atoms with E-state index >= 15 is 0 Å². The van der Waals surface area contributed by atoms with Gasteiger partial charge in [0, 0.05) is 16.7 Å². The van der Waals surface area contributed by atoms with E-state index in [4.69, 9.17) is 4.52 Å². The maximum atomic E-state index is 13.9. The fraction of sp³-hybridized carbons (Fsp3) is 0.375. The number of benzene rings is 2. The van der Waals surface area contributed by atoms with Gasteiger partial charge in [-0.25, -0.2) is 4.21 Å². The number of fused-ring (bicyclic) bond motifs is 3. The van der Waals surface area contributed by atoms with Crippen LogP contribution in [0.15, 0.2) is 47.0 Å². The lowest BCUT2D eigenvalue weighted by Crippen LogP contribution is -2.62. The van der Waals surface area contributed by atoms with Gasteiger partial charge in [-0.3, -0.25) is 0 Å². The monoisotopic (exact) mass is 571 g/mol. The van der Waals surface area contributed by atoms with Gasteiger partial charge in [0.1, 0.15) is 11.4 Å². The van der Waals surface area contributed by atoms with Crippen LogP contribution in [0.3, 0.4) is 0 Å². The maximum absolute atomic E-state index is 13.9. The van der Waals surface area contributed by atoms with Gasteiger partial charge in [-0.15, -0.1) is 0 Å². The van der Waals surface area contributed by atoms with E-state index in [1.54, 1.807) is 0 Å². The van der Waals surface area contributed by atoms with Gasteiger partial charge in [0.25, 0.3) is 11.1 Å². The summed E-state index contributed by atoms with van der Waals surface area (Å²) in [5.41, 5.74) is 3.93. The molecule has 3 aromatic rings. The number of aryl methyl sites for hydroxylation is 2. The van der Waals surface area contributed by atoms with Crippen molar-refractivity contribution in [3.63, 3.8) is 0 Å². The van der Waals surface area contributed by atoms with E-state index in [2.05, 4.69) is 16.3 Å². The molecule has 1 atom stereocenters. The van der Waals surface area contributed by atoms with Crippen molar-refractivity contribution >= 4 is 11.1 Å². The fourth-order valence-electron chi connectivity index (χ4n) is 4.02. The summed E-state index contributed by atoms with van der Waals surface area (Å²) in [5.74, 6) is -14.4. The second kappa shape index (κ2) is 9.62. The van der Waals surface area contributed by atoms with Crippen LogP contribution >= 0.6 is 0 Å². The molecule has 0 radical (unpaired) electrons. The highest BCUT2D eigenvalue weighted by molar-refractivity contribution is 7.81. The highest BCUT2D eigenvalue weighted by Gasteiger charge is 2.84. The molecule has 0 saturated heterocycles. The average molecular weight is 571 g/mol. The highest BCUT2D eigenvalue weighted by Crippen LogP contribution is 2.54. The fourth-order valence-corrected chi connectivity index (χ4v) is 4.74. The summed E-state index contributed by atoms with van der Waals surface area (Å²) >= 11 is -4.60. The van der Waals surface area contributed by atoms with E-state index in [1.807, 2.05) is 24.3 Å². The smallest absolute Gasteiger partial charge is 0.396 e.